The van der Waals surface area contributed by atoms with E-state index in [-0.39, 0.29) is 5.91 Å². The van der Waals surface area contributed by atoms with E-state index in [0.29, 0.717) is 16.3 Å². The van der Waals surface area contributed by atoms with Crippen LogP contribution < -0.4 is 5.32 Å². The van der Waals surface area contributed by atoms with Gasteiger partial charge in [-0.3, -0.25) is 4.79 Å². The number of benzene rings is 2. The van der Waals surface area contributed by atoms with Gasteiger partial charge in [0, 0.05) is 28.2 Å². The molecule has 2 aromatic carbocycles. The molecular weight excluding hydrogens is 352 g/mol. The second-order valence-corrected chi connectivity index (χ2v) is 6.97. The van der Waals surface area contributed by atoms with Gasteiger partial charge < -0.3 is 5.32 Å². The summed E-state index contributed by atoms with van der Waals surface area (Å²) in [5.41, 5.74) is 3.43. The van der Waals surface area contributed by atoms with Crippen molar-refractivity contribution in [2.45, 2.75) is 17.7 Å². The molecule has 1 aromatic heterocycles. The second-order valence-electron chi connectivity index (χ2n) is 5.57. The first-order chi connectivity index (χ1) is 12.1. The van der Waals surface area contributed by atoms with Crippen molar-refractivity contribution in [3.63, 3.8) is 0 Å². The molecule has 5 heteroatoms. The Bertz CT molecular complexity index is 867. The first-order valence-corrected chi connectivity index (χ1v) is 9.18. The van der Waals surface area contributed by atoms with Crippen LogP contribution in [0.25, 0.3) is 0 Å². The lowest BCUT2D eigenvalue weighted by Crippen LogP contribution is -2.11. The maximum atomic E-state index is 12.3. The van der Waals surface area contributed by atoms with Crippen molar-refractivity contribution in [3.05, 3.63) is 88.6 Å². The fraction of sp³-hybridized carbons (Fsp3) is 0.100. The Balaban J connectivity index is 1.61. The number of amides is 1. The number of nitrogens with one attached hydrogen (secondary N) is 1. The molecule has 25 heavy (non-hydrogen) atoms. The van der Waals surface area contributed by atoms with Crippen molar-refractivity contribution in [2.24, 2.45) is 0 Å². The molecule has 3 rings (SSSR count). The van der Waals surface area contributed by atoms with Crippen LogP contribution in [0.1, 0.15) is 21.5 Å². The predicted octanol–water partition coefficient (Wildman–Crippen LogP) is 5.59. The standard InChI is InChI=1S/C20H17ClN2OS/c1-14-5-10-17(12-18(14)21)23-20(24)16-8-6-15(7-9-16)13-25-19-4-2-3-11-22-19/h2-12H,13H2,1H3,(H,23,24). The average molecular weight is 369 g/mol. The monoisotopic (exact) mass is 368 g/mol. The van der Waals surface area contributed by atoms with Crippen LogP contribution in [0.4, 0.5) is 5.69 Å². The van der Waals surface area contributed by atoms with Crippen molar-refractivity contribution < 1.29 is 4.79 Å². The van der Waals surface area contributed by atoms with E-state index in [2.05, 4.69) is 10.3 Å². The summed E-state index contributed by atoms with van der Waals surface area (Å²) in [5.74, 6) is 0.663. The molecule has 3 nitrogen and oxygen atoms in total. The van der Waals surface area contributed by atoms with Crippen molar-refractivity contribution >= 4 is 35.0 Å². The fourth-order valence-corrected chi connectivity index (χ4v) is 3.21. The molecule has 1 N–H and O–H groups in total. The highest BCUT2D eigenvalue weighted by atomic mass is 35.5. The SMILES string of the molecule is Cc1ccc(NC(=O)c2ccc(CSc3ccccn3)cc2)cc1Cl. The lowest BCUT2D eigenvalue weighted by atomic mass is 10.1. The molecule has 1 amide bonds. The Morgan fingerprint density at radius 1 is 1.12 bits per heavy atom. The minimum atomic E-state index is -0.149. The van der Waals surface area contributed by atoms with Gasteiger partial charge in [0.05, 0.1) is 5.03 Å². The van der Waals surface area contributed by atoms with Gasteiger partial charge in [-0.05, 0) is 54.4 Å². The second kappa shape index (κ2) is 8.19. The van der Waals surface area contributed by atoms with Crippen LogP contribution in [0.3, 0.4) is 0 Å². The number of rotatable bonds is 5. The van der Waals surface area contributed by atoms with Crippen molar-refractivity contribution in [1.29, 1.82) is 0 Å². The van der Waals surface area contributed by atoms with E-state index < -0.39 is 0 Å². The van der Waals surface area contributed by atoms with Gasteiger partial charge in [-0.25, -0.2) is 4.98 Å². The highest BCUT2D eigenvalue weighted by Gasteiger charge is 2.07. The Kier molecular flexibility index (Phi) is 5.74. The lowest BCUT2D eigenvalue weighted by molar-refractivity contribution is 0.102. The Morgan fingerprint density at radius 2 is 1.92 bits per heavy atom. The highest BCUT2D eigenvalue weighted by Crippen LogP contribution is 2.22. The molecular formula is C20H17ClN2OS. The van der Waals surface area contributed by atoms with E-state index in [4.69, 9.17) is 11.6 Å². The van der Waals surface area contributed by atoms with Crippen LogP contribution in [0.15, 0.2) is 71.9 Å². The summed E-state index contributed by atoms with van der Waals surface area (Å²) in [5, 5.41) is 4.49. The summed E-state index contributed by atoms with van der Waals surface area (Å²) in [6, 6.07) is 18.9. The third-order valence-corrected chi connectivity index (χ3v) is 5.09. The molecule has 0 aliphatic rings. The normalized spacial score (nSPS) is 10.5. The van der Waals surface area contributed by atoms with Crippen molar-refractivity contribution in [2.75, 3.05) is 5.32 Å². The molecule has 0 atom stereocenters. The van der Waals surface area contributed by atoms with Crippen LogP contribution in [0.2, 0.25) is 5.02 Å². The lowest BCUT2D eigenvalue weighted by Gasteiger charge is -2.08. The minimum Gasteiger partial charge on any atom is -0.322 e. The molecule has 0 aliphatic carbocycles. The number of nitrogens with zero attached hydrogens (tertiary/aromatic N) is 1. The summed E-state index contributed by atoms with van der Waals surface area (Å²) < 4.78 is 0. The van der Waals surface area contributed by atoms with Gasteiger partial charge in [-0.2, -0.15) is 0 Å². The number of carbonyl (C=O) groups is 1. The zero-order valence-corrected chi connectivity index (χ0v) is 15.3. The number of aryl methyl sites for hydroxylation is 1. The van der Waals surface area contributed by atoms with E-state index in [1.807, 2.05) is 61.5 Å². The van der Waals surface area contributed by atoms with Gasteiger partial charge >= 0.3 is 0 Å². The molecule has 0 fully saturated rings. The third-order valence-electron chi connectivity index (χ3n) is 3.67. The quantitative estimate of drug-likeness (QED) is 0.597. The molecule has 0 bridgehead atoms. The molecule has 3 aromatic rings. The number of halogens is 1. The zero-order valence-electron chi connectivity index (χ0n) is 13.7. The van der Waals surface area contributed by atoms with Crippen LogP contribution in [0.5, 0.6) is 0 Å². The predicted molar refractivity (Wildman–Crippen MR) is 104 cm³/mol. The number of aromatic nitrogens is 1. The topological polar surface area (TPSA) is 42.0 Å². The van der Waals surface area contributed by atoms with Gasteiger partial charge in [0.15, 0.2) is 0 Å². The molecule has 0 spiro atoms. The molecule has 0 unspecified atom stereocenters. The molecule has 1 heterocycles. The van der Waals surface area contributed by atoms with Crippen LogP contribution in [-0.4, -0.2) is 10.9 Å². The first-order valence-electron chi connectivity index (χ1n) is 7.82. The highest BCUT2D eigenvalue weighted by molar-refractivity contribution is 7.98. The first kappa shape index (κ1) is 17.5. The van der Waals surface area contributed by atoms with Crippen molar-refractivity contribution in [3.8, 4) is 0 Å². The van der Waals surface area contributed by atoms with Gasteiger partial charge in [-0.1, -0.05) is 35.9 Å². The Morgan fingerprint density at radius 3 is 2.60 bits per heavy atom. The Labute approximate surface area is 156 Å². The Hall–Kier alpha value is -2.30. The summed E-state index contributed by atoms with van der Waals surface area (Å²) in [6.07, 6.45) is 1.78. The summed E-state index contributed by atoms with van der Waals surface area (Å²) in [7, 11) is 0. The number of hydrogen-bond acceptors (Lipinski definition) is 3. The van der Waals surface area contributed by atoms with Gasteiger partial charge in [0.2, 0.25) is 0 Å². The third kappa shape index (κ3) is 4.84. The van der Waals surface area contributed by atoms with Crippen LogP contribution in [0, 0.1) is 6.92 Å². The number of carbonyl (C=O) groups excluding carboxylic acids is 1. The smallest absolute Gasteiger partial charge is 0.255 e. The fourth-order valence-electron chi connectivity index (χ4n) is 2.22. The number of thioether (sulfide) groups is 1. The molecule has 0 aliphatic heterocycles. The molecule has 126 valence electrons. The zero-order chi connectivity index (χ0) is 17.6. The average Bonchev–Trinajstić information content (AvgIpc) is 2.64. The maximum absolute atomic E-state index is 12.3. The van der Waals surface area contributed by atoms with Crippen LogP contribution in [-0.2, 0) is 5.75 Å². The molecule has 0 saturated carbocycles. The summed E-state index contributed by atoms with van der Waals surface area (Å²) >= 11 is 7.76. The van der Waals surface area contributed by atoms with Crippen LogP contribution >= 0.6 is 23.4 Å². The van der Waals surface area contributed by atoms with Gasteiger partial charge in [0.25, 0.3) is 5.91 Å². The van der Waals surface area contributed by atoms with E-state index in [0.717, 1.165) is 21.9 Å². The van der Waals surface area contributed by atoms with Gasteiger partial charge in [-0.15, -0.1) is 11.8 Å². The number of anilines is 1. The molecule has 0 radical (unpaired) electrons. The van der Waals surface area contributed by atoms with E-state index in [9.17, 15) is 4.79 Å². The minimum absolute atomic E-state index is 0.149. The largest absolute Gasteiger partial charge is 0.322 e. The summed E-state index contributed by atoms with van der Waals surface area (Å²) in [4.78, 5) is 16.6. The maximum Gasteiger partial charge on any atom is 0.255 e. The van der Waals surface area contributed by atoms with Crippen molar-refractivity contribution in [1.82, 2.24) is 4.98 Å². The number of pyridine rings is 1. The van der Waals surface area contributed by atoms with Gasteiger partial charge in [0.1, 0.15) is 0 Å². The van der Waals surface area contributed by atoms with E-state index >= 15 is 0 Å². The summed E-state index contributed by atoms with van der Waals surface area (Å²) in [6.45, 7) is 1.93. The van der Waals surface area contributed by atoms with E-state index in [1.54, 1.807) is 24.0 Å². The number of hydrogen-bond donors (Lipinski definition) is 1. The molecule has 0 saturated heterocycles. The van der Waals surface area contributed by atoms with E-state index in [1.165, 1.54) is 0 Å².